The van der Waals surface area contributed by atoms with Gasteiger partial charge in [-0.3, -0.25) is 19.5 Å². The van der Waals surface area contributed by atoms with Crippen molar-refractivity contribution in [3.05, 3.63) is 44.5 Å². The number of carbonyl (C=O) groups is 1. The fourth-order valence-electron chi connectivity index (χ4n) is 3.35. The molecule has 0 unspecified atom stereocenters. The van der Waals surface area contributed by atoms with Crippen LogP contribution < -0.4 is 11.3 Å². The molecular weight excluding hydrogens is 350 g/mol. The number of aromatic amines is 1. The van der Waals surface area contributed by atoms with Gasteiger partial charge in [-0.2, -0.15) is 0 Å². The SMILES string of the molecule is CN(Cc1cc(=O)[nH]c(N)n1)[C@H]1CCN(C(=O)CCCc2cccs2)C1. The van der Waals surface area contributed by atoms with Crippen LogP contribution in [0.5, 0.6) is 0 Å². The van der Waals surface area contributed by atoms with Gasteiger partial charge in [0, 0.05) is 43.0 Å². The quantitative estimate of drug-likeness (QED) is 0.764. The number of nitrogens with one attached hydrogen (secondary N) is 1. The number of hydrogen-bond acceptors (Lipinski definition) is 6. The number of likely N-dealkylation sites (tertiary alicyclic amines) is 1. The average molecular weight is 375 g/mol. The van der Waals surface area contributed by atoms with Crippen LogP contribution in [0.15, 0.2) is 28.4 Å². The minimum absolute atomic E-state index is 0.134. The molecule has 0 aromatic carbocycles. The standard InChI is InChI=1S/C18H25N5O2S/c1-22(11-13-10-16(24)21-18(19)20-13)14-7-8-23(12-14)17(25)6-2-4-15-5-3-9-26-15/h3,5,9-10,14H,2,4,6-8,11-12H2,1H3,(H3,19,20,21,24)/t14-/m0/s1. The zero-order valence-corrected chi connectivity index (χ0v) is 15.8. The number of carbonyl (C=O) groups excluding carboxylic acids is 1. The highest BCUT2D eigenvalue weighted by Crippen LogP contribution is 2.18. The number of aryl methyl sites for hydroxylation is 1. The van der Waals surface area contributed by atoms with E-state index >= 15 is 0 Å². The van der Waals surface area contributed by atoms with Crippen molar-refractivity contribution in [3.8, 4) is 0 Å². The second kappa shape index (κ2) is 8.46. The third kappa shape index (κ3) is 4.92. The van der Waals surface area contributed by atoms with E-state index < -0.39 is 0 Å². The number of likely N-dealkylation sites (N-methyl/N-ethyl adjacent to an activating group) is 1. The lowest BCUT2D eigenvalue weighted by atomic mass is 10.2. The molecule has 0 aliphatic carbocycles. The van der Waals surface area contributed by atoms with Crippen LogP contribution in [0.4, 0.5) is 5.95 Å². The first kappa shape index (κ1) is 18.6. The first-order valence-electron chi connectivity index (χ1n) is 8.87. The molecule has 26 heavy (non-hydrogen) atoms. The Morgan fingerprint density at radius 3 is 3.12 bits per heavy atom. The zero-order valence-electron chi connectivity index (χ0n) is 15.0. The Hall–Kier alpha value is -2.19. The summed E-state index contributed by atoms with van der Waals surface area (Å²) in [4.78, 5) is 36.0. The number of nitrogens with two attached hydrogens (primary N) is 1. The predicted octanol–water partition coefficient (Wildman–Crippen LogP) is 1.47. The highest BCUT2D eigenvalue weighted by atomic mass is 32.1. The van der Waals surface area contributed by atoms with E-state index in [0.717, 1.165) is 32.4 Å². The topological polar surface area (TPSA) is 95.3 Å². The fourth-order valence-corrected chi connectivity index (χ4v) is 4.10. The molecule has 1 fully saturated rings. The third-order valence-corrected chi connectivity index (χ3v) is 5.69. The summed E-state index contributed by atoms with van der Waals surface area (Å²) >= 11 is 1.74. The maximum atomic E-state index is 12.4. The van der Waals surface area contributed by atoms with Gasteiger partial charge in [0.1, 0.15) is 0 Å². The Bertz CT molecular complexity index is 789. The van der Waals surface area contributed by atoms with E-state index in [9.17, 15) is 9.59 Å². The molecular formula is C18H25N5O2S. The normalized spacial score (nSPS) is 17.2. The van der Waals surface area contributed by atoms with Gasteiger partial charge in [-0.05, 0) is 37.8 Å². The number of anilines is 1. The average Bonchev–Trinajstić information content (AvgIpc) is 3.25. The molecule has 3 N–H and O–H groups in total. The van der Waals surface area contributed by atoms with Crippen molar-refractivity contribution < 1.29 is 4.79 Å². The van der Waals surface area contributed by atoms with E-state index in [-0.39, 0.29) is 23.5 Å². The van der Waals surface area contributed by atoms with Gasteiger partial charge in [0.25, 0.3) is 5.56 Å². The fraction of sp³-hybridized carbons (Fsp3) is 0.500. The van der Waals surface area contributed by atoms with Crippen LogP contribution >= 0.6 is 11.3 Å². The number of hydrogen-bond donors (Lipinski definition) is 2. The summed E-state index contributed by atoms with van der Waals surface area (Å²) < 4.78 is 0. The van der Waals surface area contributed by atoms with E-state index in [2.05, 4.69) is 26.3 Å². The minimum Gasteiger partial charge on any atom is -0.369 e. The summed E-state index contributed by atoms with van der Waals surface area (Å²) in [5.74, 6) is 0.367. The number of rotatable bonds is 7. The summed E-state index contributed by atoms with van der Waals surface area (Å²) in [7, 11) is 1.99. The molecule has 1 aliphatic rings. The Balaban J connectivity index is 1.46. The van der Waals surface area contributed by atoms with Gasteiger partial charge in [0.2, 0.25) is 11.9 Å². The van der Waals surface area contributed by atoms with Crippen LogP contribution in [0.1, 0.15) is 29.8 Å². The van der Waals surface area contributed by atoms with Crippen LogP contribution in [-0.4, -0.2) is 51.9 Å². The second-order valence-electron chi connectivity index (χ2n) is 6.75. The van der Waals surface area contributed by atoms with Gasteiger partial charge in [-0.25, -0.2) is 4.98 Å². The molecule has 0 bridgehead atoms. The lowest BCUT2D eigenvalue weighted by Gasteiger charge is -2.24. The van der Waals surface area contributed by atoms with E-state index in [1.54, 1.807) is 11.3 Å². The van der Waals surface area contributed by atoms with Crippen LogP contribution in [0.2, 0.25) is 0 Å². The second-order valence-corrected chi connectivity index (χ2v) is 7.78. The monoisotopic (exact) mass is 375 g/mol. The van der Waals surface area contributed by atoms with Crippen LogP contribution in [0, 0.1) is 0 Å². The van der Waals surface area contributed by atoms with E-state index in [1.807, 2.05) is 18.0 Å². The summed E-state index contributed by atoms with van der Waals surface area (Å²) in [6, 6.07) is 5.91. The predicted molar refractivity (Wildman–Crippen MR) is 103 cm³/mol. The molecule has 3 rings (SSSR count). The number of nitrogens with zero attached hydrogens (tertiary/aromatic N) is 3. The maximum absolute atomic E-state index is 12.4. The number of nitrogen functional groups attached to an aromatic ring is 1. The van der Waals surface area contributed by atoms with Gasteiger partial charge < -0.3 is 10.6 Å². The molecule has 2 aromatic rings. The molecule has 1 aliphatic heterocycles. The smallest absolute Gasteiger partial charge is 0.252 e. The van der Waals surface area contributed by atoms with Gasteiger partial charge in [0.15, 0.2) is 0 Å². The third-order valence-electron chi connectivity index (χ3n) is 4.76. The van der Waals surface area contributed by atoms with Crippen molar-refractivity contribution in [2.24, 2.45) is 0 Å². The summed E-state index contributed by atoms with van der Waals surface area (Å²) in [6.45, 7) is 2.06. The first-order valence-corrected chi connectivity index (χ1v) is 9.75. The molecule has 1 saturated heterocycles. The van der Waals surface area contributed by atoms with Crippen molar-refractivity contribution in [1.82, 2.24) is 19.8 Å². The molecule has 2 aromatic heterocycles. The molecule has 8 heteroatoms. The Labute approximate surface area is 156 Å². The van der Waals surface area contributed by atoms with E-state index in [0.29, 0.717) is 18.7 Å². The summed E-state index contributed by atoms with van der Waals surface area (Å²) in [5.41, 5.74) is 6.00. The summed E-state index contributed by atoms with van der Waals surface area (Å²) in [5, 5.41) is 2.07. The number of amides is 1. The molecule has 0 radical (unpaired) electrons. The molecule has 7 nitrogen and oxygen atoms in total. The van der Waals surface area contributed by atoms with Crippen molar-refractivity contribution in [1.29, 1.82) is 0 Å². The molecule has 3 heterocycles. The molecule has 1 atom stereocenters. The van der Waals surface area contributed by atoms with Gasteiger partial charge in [0.05, 0.1) is 5.69 Å². The zero-order chi connectivity index (χ0) is 18.5. The maximum Gasteiger partial charge on any atom is 0.252 e. The van der Waals surface area contributed by atoms with Crippen LogP contribution in [-0.2, 0) is 17.8 Å². The molecule has 1 amide bonds. The van der Waals surface area contributed by atoms with Crippen LogP contribution in [0.3, 0.4) is 0 Å². The van der Waals surface area contributed by atoms with Gasteiger partial charge in [-0.1, -0.05) is 6.07 Å². The Morgan fingerprint density at radius 1 is 1.54 bits per heavy atom. The molecule has 140 valence electrons. The number of aromatic nitrogens is 2. The van der Waals surface area contributed by atoms with Crippen molar-refractivity contribution in [2.45, 2.75) is 38.3 Å². The summed E-state index contributed by atoms with van der Waals surface area (Å²) in [6.07, 6.45) is 3.40. The number of H-pyrrole nitrogens is 1. The lowest BCUT2D eigenvalue weighted by Crippen LogP contribution is -2.36. The van der Waals surface area contributed by atoms with E-state index in [4.69, 9.17) is 5.73 Å². The van der Waals surface area contributed by atoms with Gasteiger partial charge in [-0.15, -0.1) is 11.3 Å². The minimum atomic E-state index is -0.241. The highest BCUT2D eigenvalue weighted by molar-refractivity contribution is 7.09. The number of thiophene rings is 1. The van der Waals surface area contributed by atoms with Crippen molar-refractivity contribution in [2.75, 3.05) is 25.9 Å². The Morgan fingerprint density at radius 2 is 2.38 bits per heavy atom. The highest BCUT2D eigenvalue weighted by Gasteiger charge is 2.28. The van der Waals surface area contributed by atoms with E-state index in [1.165, 1.54) is 10.9 Å². The molecule has 0 spiro atoms. The van der Waals surface area contributed by atoms with Crippen molar-refractivity contribution in [3.63, 3.8) is 0 Å². The van der Waals surface area contributed by atoms with Gasteiger partial charge >= 0.3 is 0 Å². The Kier molecular flexibility index (Phi) is 6.05. The van der Waals surface area contributed by atoms with Crippen LogP contribution in [0.25, 0.3) is 0 Å². The van der Waals surface area contributed by atoms with Crippen molar-refractivity contribution >= 4 is 23.2 Å². The lowest BCUT2D eigenvalue weighted by molar-refractivity contribution is -0.130. The largest absolute Gasteiger partial charge is 0.369 e. The molecule has 0 saturated carbocycles. The first-order chi connectivity index (χ1) is 12.5.